The van der Waals surface area contributed by atoms with E-state index in [1.54, 1.807) is 30.5 Å². The lowest BCUT2D eigenvalue weighted by molar-refractivity contribution is -0.114. The summed E-state index contributed by atoms with van der Waals surface area (Å²) in [5.41, 5.74) is 2.89. The second-order valence-electron chi connectivity index (χ2n) is 6.19. The summed E-state index contributed by atoms with van der Waals surface area (Å²) in [7, 11) is 0. The highest BCUT2D eigenvalue weighted by atomic mass is 16.2. The number of amides is 2. The summed E-state index contributed by atoms with van der Waals surface area (Å²) in [5.74, 6) is -0.323. The largest absolute Gasteiger partial charge is 0.370 e. The highest BCUT2D eigenvalue weighted by molar-refractivity contribution is 6.04. The van der Waals surface area contributed by atoms with Gasteiger partial charge in [-0.1, -0.05) is 0 Å². The minimum Gasteiger partial charge on any atom is -0.370 e. The SMILES string of the molecule is CC(=O)Nc1ccc(NC(=O)c2cncc(N3CCCCC3)c2)cc1. The zero-order valence-electron chi connectivity index (χ0n) is 14.3. The van der Waals surface area contributed by atoms with Gasteiger partial charge in [-0.3, -0.25) is 14.6 Å². The van der Waals surface area contributed by atoms with Crippen LogP contribution in [0.1, 0.15) is 36.5 Å². The highest BCUT2D eigenvalue weighted by Crippen LogP contribution is 2.21. The Morgan fingerprint density at radius 2 is 1.60 bits per heavy atom. The number of hydrogen-bond acceptors (Lipinski definition) is 4. The molecular weight excluding hydrogens is 316 g/mol. The van der Waals surface area contributed by atoms with Crippen LogP contribution in [0.2, 0.25) is 0 Å². The molecule has 0 atom stereocenters. The topological polar surface area (TPSA) is 74.3 Å². The summed E-state index contributed by atoms with van der Waals surface area (Å²) >= 11 is 0. The zero-order chi connectivity index (χ0) is 17.6. The number of piperidine rings is 1. The van der Waals surface area contributed by atoms with Crippen molar-refractivity contribution < 1.29 is 9.59 Å². The molecule has 6 heteroatoms. The molecule has 1 saturated heterocycles. The lowest BCUT2D eigenvalue weighted by Crippen LogP contribution is -2.29. The molecular formula is C19H22N4O2. The molecule has 1 aliphatic rings. The minimum atomic E-state index is -0.196. The van der Waals surface area contributed by atoms with Crippen LogP contribution < -0.4 is 15.5 Å². The fraction of sp³-hybridized carbons (Fsp3) is 0.316. The minimum absolute atomic E-state index is 0.127. The van der Waals surface area contributed by atoms with E-state index in [1.807, 2.05) is 12.3 Å². The van der Waals surface area contributed by atoms with Crippen molar-refractivity contribution in [2.75, 3.05) is 28.6 Å². The van der Waals surface area contributed by atoms with E-state index in [2.05, 4.69) is 20.5 Å². The van der Waals surface area contributed by atoms with E-state index in [0.717, 1.165) is 18.8 Å². The van der Waals surface area contributed by atoms with Crippen molar-refractivity contribution in [1.82, 2.24) is 4.98 Å². The monoisotopic (exact) mass is 338 g/mol. The van der Waals surface area contributed by atoms with E-state index in [1.165, 1.54) is 26.2 Å². The third-order valence-electron chi connectivity index (χ3n) is 4.17. The van der Waals surface area contributed by atoms with Crippen LogP contribution in [0, 0.1) is 0 Å². The molecule has 1 aromatic carbocycles. The quantitative estimate of drug-likeness (QED) is 0.897. The van der Waals surface area contributed by atoms with Crippen LogP contribution in [0.25, 0.3) is 0 Å². The molecule has 0 radical (unpaired) electrons. The van der Waals surface area contributed by atoms with Crippen molar-refractivity contribution >= 4 is 28.9 Å². The van der Waals surface area contributed by atoms with Gasteiger partial charge in [0.1, 0.15) is 0 Å². The van der Waals surface area contributed by atoms with Gasteiger partial charge in [0.2, 0.25) is 5.91 Å². The molecule has 2 amide bonds. The molecule has 2 N–H and O–H groups in total. The lowest BCUT2D eigenvalue weighted by Gasteiger charge is -2.28. The number of hydrogen-bond donors (Lipinski definition) is 2. The summed E-state index contributed by atoms with van der Waals surface area (Å²) in [6.07, 6.45) is 7.01. The number of anilines is 3. The number of carbonyl (C=O) groups is 2. The van der Waals surface area contributed by atoms with Gasteiger partial charge in [-0.25, -0.2) is 0 Å². The first-order valence-corrected chi connectivity index (χ1v) is 8.51. The number of benzene rings is 1. The number of carbonyl (C=O) groups excluding carboxylic acids is 2. The second kappa shape index (κ2) is 7.79. The molecule has 25 heavy (non-hydrogen) atoms. The average Bonchev–Trinajstić information content (AvgIpc) is 2.64. The molecule has 1 aromatic heterocycles. The van der Waals surface area contributed by atoms with Gasteiger partial charge < -0.3 is 15.5 Å². The molecule has 0 spiro atoms. The summed E-state index contributed by atoms with van der Waals surface area (Å²) in [6, 6.07) is 8.90. The summed E-state index contributed by atoms with van der Waals surface area (Å²) < 4.78 is 0. The average molecular weight is 338 g/mol. The summed E-state index contributed by atoms with van der Waals surface area (Å²) in [6.45, 7) is 3.48. The van der Waals surface area contributed by atoms with Crippen molar-refractivity contribution in [2.24, 2.45) is 0 Å². The van der Waals surface area contributed by atoms with Gasteiger partial charge >= 0.3 is 0 Å². The van der Waals surface area contributed by atoms with Gasteiger partial charge in [0.05, 0.1) is 17.4 Å². The van der Waals surface area contributed by atoms with E-state index in [4.69, 9.17) is 0 Å². The van der Waals surface area contributed by atoms with E-state index in [0.29, 0.717) is 16.9 Å². The van der Waals surface area contributed by atoms with Crippen LogP contribution >= 0.6 is 0 Å². The standard InChI is InChI=1S/C19H22N4O2/c1-14(24)21-16-5-7-17(8-6-16)22-19(25)15-11-18(13-20-12-15)23-9-3-2-4-10-23/h5-8,11-13H,2-4,9-10H2,1H3,(H,21,24)(H,22,25). The maximum atomic E-state index is 12.5. The number of nitrogens with one attached hydrogen (secondary N) is 2. The predicted octanol–water partition coefficient (Wildman–Crippen LogP) is 3.28. The van der Waals surface area contributed by atoms with Crippen LogP contribution in [0.5, 0.6) is 0 Å². The van der Waals surface area contributed by atoms with Gasteiger partial charge in [-0.05, 0) is 49.6 Å². The molecule has 0 unspecified atom stereocenters. The Morgan fingerprint density at radius 3 is 2.24 bits per heavy atom. The molecule has 1 fully saturated rings. The number of pyridine rings is 1. The van der Waals surface area contributed by atoms with E-state index >= 15 is 0 Å². The number of nitrogens with zero attached hydrogens (tertiary/aromatic N) is 2. The van der Waals surface area contributed by atoms with Gasteiger partial charge in [-0.15, -0.1) is 0 Å². The molecule has 1 aliphatic heterocycles. The van der Waals surface area contributed by atoms with Crippen molar-refractivity contribution in [2.45, 2.75) is 26.2 Å². The van der Waals surface area contributed by atoms with Crippen molar-refractivity contribution in [3.05, 3.63) is 48.3 Å². The van der Waals surface area contributed by atoms with Crippen LogP contribution in [0.4, 0.5) is 17.1 Å². The Labute approximate surface area is 147 Å². The van der Waals surface area contributed by atoms with Gasteiger partial charge in [-0.2, -0.15) is 0 Å². The first-order valence-electron chi connectivity index (χ1n) is 8.51. The van der Waals surface area contributed by atoms with Crippen LogP contribution in [-0.4, -0.2) is 29.9 Å². The third kappa shape index (κ3) is 4.56. The number of rotatable bonds is 4. The molecule has 0 saturated carbocycles. The molecule has 2 aromatic rings. The van der Waals surface area contributed by atoms with Crippen molar-refractivity contribution in [3.63, 3.8) is 0 Å². The van der Waals surface area contributed by atoms with Gasteiger partial charge in [0.25, 0.3) is 5.91 Å². The molecule has 2 heterocycles. The third-order valence-corrected chi connectivity index (χ3v) is 4.17. The Balaban J connectivity index is 1.67. The lowest BCUT2D eigenvalue weighted by atomic mass is 10.1. The van der Waals surface area contributed by atoms with Crippen molar-refractivity contribution in [3.8, 4) is 0 Å². The van der Waals surface area contributed by atoms with Crippen LogP contribution in [-0.2, 0) is 4.79 Å². The second-order valence-corrected chi connectivity index (χ2v) is 6.19. The molecule has 0 aliphatic carbocycles. The Kier molecular flexibility index (Phi) is 5.28. The molecule has 6 nitrogen and oxygen atoms in total. The summed E-state index contributed by atoms with van der Waals surface area (Å²) in [4.78, 5) is 30.0. The zero-order valence-corrected chi connectivity index (χ0v) is 14.3. The fourth-order valence-electron chi connectivity index (χ4n) is 2.92. The highest BCUT2D eigenvalue weighted by Gasteiger charge is 2.14. The molecule has 3 rings (SSSR count). The summed E-state index contributed by atoms with van der Waals surface area (Å²) in [5, 5.41) is 5.55. The van der Waals surface area contributed by atoms with E-state index in [9.17, 15) is 9.59 Å². The van der Waals surface area contributed by atoms with Gasteiger partial charge in [0.15, 0.2) is 0 Å². The van der Waals surface area contributed by atoms with Gasteiger partial charge in [0, 0.05) is 37.6 Å². The maximum Gasteiger partial charge on any atom is 0.257 e. The predicted molar refractivity (Wildman–Crippen MR) is 99.0 cm³/mol. The fourth-order valence-corrected chi connectivity index (χ4v) is 2.92. The Bertz CT molecular complexity index is 752. The normalized spacial score (nSPS) is 14.0. The Hall–Kier alpha value is -2.89. The number of aromatic nitrogens is 1. The van der Waals surface area contributed by atoms with Crippen LogP contribution in [0.3, 0.4) is 0 Å². The maximum absolute atomic E-state index is 12.5. The van der Waals surface area contributed by atoms with Crippen LogP contribution in [0.15, 0.2) is 42.7 Å². The molecule has 130 valence electrons. The first kappa shape index (κ1) is 17.0. The van der Waals surface area contributed by atoms with E-state index in [-0.39, 0.29) is 11.8 Å². The smallest absolute Gasteiger partial charge is 0.257 e. The van der Waals surface area contributed by atoms with Crippen molar-refractivity contribution in [1.29, 1.82) is 0 Å². The Morgan fingerprint density at radius 1 is 0.960 bits per heavy atom. The van der Waals surface area contributed by atoms with E-state index < -0.39 is 0 Å². The molecule has 0 bridgehead atoms. The first-order chi connectivity index (χ1) is 12.1.